The van der Waals surface area contributed by atoms with Crippen molar-refractivity contribution in [3.05, 3.63) is 372 Å². The van der Waals surface area contributed by atoms with Crippen LogP contribution in [0.15, 0.2) is 328 Å². The Balaban J connectivity index is 1.02. The van der Waals surface area contributed by atoms with Crippen LogP contribution in [0.25, 0.3) is 0 Å². The van der Waals surface area contributed by atoms with Crippen LogP contribution in [-0.2, 0) is 20.0 Å². The first-order chi connectivity index (χ1) is 43.4. The highest BCUT2D eigenvalue weighted by atomic mass is 31.2. The highest BCUT2D eigenvalue weighted by Crippen LogP contribution is 2.65. The molecule has 0 radical (unpaired) electrons. The summed E-state index contributed by atoms with van der Waals surface area (Å²) in [6.45, 7) is 0. The topological polar surface area (TPSA) is 59.1 Å². The van der Waals surface area contributed by atoms with Crippen LogP contribution in [0.3, 0.4) is 0 Å². The Morgan fingerprint density at radius 1 is 0.250 bits per heavy atom. The first kappa shape index (κ1) is 51.9. The zero-order valence-electron chi connectivity index (χ0n) is 47.6. The average Bonchev–Trinajstić information content (AvgIpc) is 0.761. The SMILES string of the molecule is O=P1(c2ccccc2)c2ccccc2Oc2ccc(N3c4ccccc4C(c4ccccc4)(c4ccccc4)c4cc5c(cc43)C(c3ccccc3)(c3ccccc3)c3ccccc3N5c3ccc4c(c3)P(=O)(c3ccccc3)c3ccccc3O4)cc21. The molecule has 13 aromatic rings. The third-order valence-corrected chi connectivity index (χ3v) is 24.7. The van der Waals surface area contributed by atoms with Gasteiger partial charge < -0.3 is 28.4 Å². The van der Waals surface area contributed by atoms with E-state index in [1.807, 2.05) is 121 Å². The van der Waals surface area contributed by atoms with Crippen molar-refractivity contribution in [2.24, 2.45) is 0 Å². The van der Waals surface area contributed by atoms with E-state index in [2.05, 4.69) is 216 Å². The molecule has 6 nitrogen and oxygen atoms in total. The lowest BCUT2D eigenvalue weighted by atomic mass is 9.59. The minimum atomic E-state index is -3.56. The van der Waals surface area contributed by atoms with Crippen molar-refractivity contribution in [3.8, 4) is 23.0 Å². The van der Waals surface area contributed by atoms with Crippen molar-refractivity contribution >= 4 is 80.2 Å². The largest absolute Gasteiger partial charge is 0.456 e. The predicted molar refractivity (Wildman–Crippen MR) is 358 cm³/mol. The van der Waals surface area contributed by atoms with Gasteiger partial charge in [0.05, 0.1) is 54.8 Å². The summed E-state index contributed by atoms with van der Waals surface area (Å²) < 4.78 is 47.0. The Morgan fingerprint density at radius 2 is 0.545 bits per heavy atom. The summed E-state index contributed by atoms with van der Waals surface area (Å²) in [4.78, 5) is 4.81. The molecular weight excluding hydrogens is 1110 g/mol. The van der Waals surface area contributed by atoms with Gasteiger partial charge >= 0.3 is 0 Å². The predicted octanol–water partition coefficient (Wildman–Crippen LogP) is 17.5. The summed E-state index contributed by atoms with van der Waals surface area (Å²) in [6.07, 6.45) is 0. The van der Waals surface area contributed by atoms with Crippen LogP contribution in [-0.4, -0.2) is 0 Å². The summed E-state index contributed by atoms with van der Waals surface area (Å²) in [7, 11) is -7.11. The van der Waals surface area contributed by atoms with E-state index in [4.69, 9.17) is 9.47 Å². The minimum absolute atomic E-state index is 0.559. The van der Waals surface area contributed by atoms with Crippen LogP contribution in [0.2, 0.25) is 0 Å². The van der Waals surface area contributed by atoms with Crippen molar-refractivity contribution < 1.29 is 18.6 Å². The van der Waals surface area contributed by atoms with Gasteiger partial charge in [-0.05, 0) is 129 Å². The second-order valence-corrected chi connectivity index (χ2v) is 28.3. The average molecular weight is 1170 g/mol. The highest BCUT2D eigenvalue weighted by molar-refractivity contribution is 7.86. The lowest BCUT2D eigenvalue weighted by Crippen LogP contribution is -2.41. The smallest absolute Gasteiger partial charge is 0.178 e. The summed E-state index contributed by atoms with van der Waals surface area (Å²) in [5.74, 6) is 2.30. The number of para-hydroxylation sites is 4. The van der Waals surface area contributed by atoms with Crippen LogP contribution in [0.1, 0.15) is 44.5 Å². The number of nitrogens with zero attached hydrogens (tertiary/aromatic N) is 2. The molecule has 2 atom stereocenters. The second-order valence-electron chi connectivity index (χ2n) is 22.9. The molecule has 17 rings (SSSR count). The first-order valence-electron chi connectivity index (χ1n) is 29.8. The van der Waals surface area contributed by atoms with Gasteiger partial charge in [-0.1, -0.05) is 243 Å². The number of ether oxygens (including phenoxy) is 2. The molecular formula is C80H54N2O4P2. The standard InChI is InChI=1S/C80H54N2O4P2/c83-87(61-35-15-5-16-36-61)75-45-25-23-43-71(75)85-73-49-47-59(51-77(73)87)81-67-41-21-19-39-63(67)79(55-27-7-1-8-28-55,56-29-9-2-10-30-56)65-53-70-66(54-69(65)81)80(57-31-11-3-12-32-57,58-33-13-4-14-34-58)64-40-20-22-42-68(64)82(70)60-48-50-74-78(52-60)88(84,62-37-17-6-18-38-62)76-46-26-24-44-72(76)86-74/h1-54H. The van der Waals surface area contributed by atoms with E-state index in [1.54, 1.807) is 0 Å². The van der Waals surface area contributed by atoms with Crippen molar-refractivity contribution in [2.45, 2.75) is 10.8 Å². The van der Waals surface area contributed by atoms with Crippen LogP contribution in [0, 0.1) is 0 Å². The maximum atomic E-state index is 16.7. The minimum Gasteiger partial charge on any atom is -0.456 e. The summed E-state index contributed by atoms with van der Waals surface area (Å²) in [5, 5.41) is 4.06. The quantitative estimate of drug-likeness (QED) is 0.141. The molecule has 4 aliphatic heterocycles. The molecule has 0 aliphatic carbocycles. The molecule has 88 heavy (non-hydrogen) atoms. The van der Waals surface area contributed by atoms with Gasteiger partial charge in [-0.15, -0.1) is 0 Å². The monoisotopic (exact) mass is 1170 g/mol. The van der Waals surface area contributed by atoms with Gasteiger partial charge in [0, 0.05) is 22.0 Å². The van der Waals surface area contributed by atoms with E-state index in [1.165, 1.54) is 0 Å². The number of rotatable bonds is 8. The molecule has 8 heteroatoms. The van der Waals surface area contributed by atoms with Crippen LogP contribution in [0.4, 0.5) is 34.1 Å². The summed E-state index contributed by atoms with van der Waals surface area (Å²) in [6, 6.07) is 114. The van der Waals surface area contributed by atoms with Gasteiger partial charge in [0.15, 0.2) is 14.3 Å². The van der Waals surface area contributed by atoms with Crippen molar-refractivity contribution in [1.82, 2.24) is 0 Å². The Hall–Kier alpha value is -10.5. The zero-order chi connectivity index (χ0) is 58.6. The second kappa shape index (κ2) is 20.1. The van der Waals surface area contributed by atoms with E-state index in [0.717, 1.165) is 89.2 Å². The molecule has 0 saturated carbocycles. The van der Waals surface area contributed by atoms with E-state index < -0.39 is 25.1 Å². The van der Waals surface area contributed by atoms with Crippen molar-refractivity contribution in [1.29, 1.82) is 0 Å². The highest BCUT2D eigenvalue weighted by Gasteiger charge is 2.53. The number of benzene rings is 13. The van der Waals surface area contributed by atoms with Crippen LogP contribution >= 0.6 is 14.3 Å². The van der Waals surface area contributed by atoms with Crippen LogP contribution < -0.4 is 51.1 Å². The van der Waals surface area contributed by atoms with Crippen LogP contribution in [0.5, 0.6) is 23.0 Å². The molecule has 0 saturated heterocycles. The summed E-state index contributed by atoms with van der Waals surface area (Å²) in [5.41, 5.74) is 12.2. The van der Waals surface area contributed by atoms with Crippen molar-refractivity contribution in [2.75, 3.05) is 9.80 Å². The Bertz CT molecular complexity index is 4610. The van der Waals surface area contributed by atoms with Crippen molar-refractivity contribution in [3.63, 3.8) is 0 Å². The van der Waals surface area contributed by atoms with Gasteiger partial charge in [0.2, 0.25) is 0 Å². The molecule has 0 N–H and O–H groups in total. The van der Waals surface area contributed by atoms with E-state index in [0.29, 0.717) is 44.2 Å². The number of hydrogen-bond acceptors (Lipinski definition) is 6. The van der Waals surface area contributed by atoms with E-state index >= 15 is 9.13 Å². The van der Waals surface area contributed by atoms with Gasteiger partial charge in [-0.2, -0.15) is 0 Å². The molecule has 2 unspecified atom stereocenters. The first-order valence-corrected chi connectivity index (χ1v) is 33.2. The summed E-state index contributed by atoms with van der Waals surface area (Å²) >= 11 is 0. The van der Waals surface area contributed by atoms with Gasteiger partial charge in [-0.25, -0.2) is 0 Å². The lowest BCUT2D eigenvalue weighted by Gasteiger charge is -2.50. The fourth-order valence-electron chi connectivity index (χ4n) is 14.8. The molecule has 4 heterocycles. The molecule has 418 valence electrons. The van der Waals surface area contributed by atoms with Gasteiger partial charge in [0.25, 0.3) is 0 Å². The maximum absolute atomic E-state index is 16.7. The Kier molecular flexibility index (Phi) is 11.8. The zero-order valence-corrected chi connectivity index (χ0v) is 49.4. The normalized spacial score (nSPS) is 17.6. The molecule has 0 bridgehead atoms. The van der Waals surface area contributed by atoms with Gasteiger partial charge in [-0.3, -0.25) is 0 Å². The Labute approximate surface area is 511 Å². The Morgan fingerprint density at radius 3 is 0.909 bits per heavy atom. The number of anilines is 6. The fraction of sp³-hybridized carbons (Fsp3) is 0.0250. The third-order valence-electron chi connectivity index (χ3n) is 18.5. The van der Waals surface area contributed by atoms with E-state index in [9.17, 15) is 0 Å². The number of hydrogen-bond donors (Lipinski definition) is 0. The third kappa shape index (κ3) is 7.31. The lowest BCUT2D eigenvalue weighted by molar-refractivity contribution is 0.485. The molecule has 13 aromatic carbocycles. The van der Waals surface area contributed by atoms with E-state index in [-0.39, 0.29) is 0 Å². The molecule has 4 aliphatic rings. The maximum Gasteiger partial charge on any atom is 0.178 e. The molecule has 0 aromatic heterocycles. The number of fused-ring (bicyclic) bond motifs is 8. The van der Waals surface area contributed by atoms with Gasteiger partial charge in [0.1, 0.15) is 23.0 Å². The molecule has 0 fully saturated rings. The molecule has 0 spiro atoms. The molecule has 0 amide bonds. The fourth-order valence-corrected chi connectivity index (χ4v) is 20.6.